The molecule has 2 N–H and O–H groups in total. The number of urea groups is 1. The van der Waals surface area contributed by atoms with Crippen molar-refractivity contribution in [3.8, 4) is 0 Å². The van der Waals surface area contributed by atoms with E-state index in [0.717, 1.165) is 17.0 Å². The molecule has 0 radical (unpaired) electrons. The number of carbonyl (C=O) groups excluding carboxylic acids is 1. The van der Waals surface area contributed by atoms with E-state index in [9.17, 15) is 4.79 Å². The van der Waals surface area contributed by atoms with Crippen molar-refractivity contribution in [1.82, 2.24) is 5.16 Å². The van der Waals surface area contributed by atoms with Crippen molar-refractivity contribution in [2.45, 2.75) is 26.7 Å². The second-order valence-corrected chi connectivity index (χ2v) is 4.72. The average molecular weight is 259 g/mol. The van der Waals surface area contributed by atoms with E-state index in [1.165, 1.54) is 0 Å². The molecule has 5 heteroatoms. The van der Waals surface area contributed by atoms with Gasteiger partial charge in [-0.25, -0.2) is 4.79 Å². The van der Waals surface area contributed by atoms with Crippen molar-refractivity contribution < 1.29 is 9.32 Å². The molecule has 2 aromatic rings. The maximum Gasteiger partial charge on any atom is 0.324 e. The Bertz CT molecular complexity index is 576. The number of benzene rings is 1. The SMILES string of the molecule is Cc1cccc(NC(=O)Nc2cc(C(C)C)on2)c1. The zero-order valence-corrected chi connectivity index (χ0v) is 11.2. The van der Waals surface area contributed by atoms with E-state index in [-0.39, 0.29) is 11.9 Å². The van der Waals surface area contributed by atoms with Crippen LogP contribution in [-0.2, 0) is 0 Å². The minimum absolute atomic E-state index is 0.239. The molecule has 0 aliphatic heterocycles. The molecule has 0 spiro atoms. The van der Waals surface area contributed by atoms with Gasteiger partial charge < -0.3 is 9.84 Å². The molecular formula is C14H17N3O2. The molecule has 0 atom stereocenters. The summed E-state index contributed by atoms with van der Waals surface area (Å²) >= 11 is 0. The Labute approximate surface area is 112 Å². The predicted molar refractivity (Wildman–Crippen MR) is 74.4 cm³/mol. The lowest BCUT2D eigenvalue weighted by molar-refractivity contribution is 0.262. The Morgan fingerprint density at radius 2 is 2.05 bits per heavy atom. The molecule has 0 fully saturated rings. The van der Waals surface area contributed by atoms with Crippen LogP contribution in [0.25, 0.3) is 0 Å². The molecule has 0 bridgehead atoms. The van der Waals surface area contributed by atoms with Crippen molar-refractivity contribution in [2.75, 3.05) is 10.6 Å². The highest BCUT2D eigenvalue weighted by Gasteiger charge is 2.10. The number of carbonyl (C=O) groups is 1. The van der Waals surface area contributed by atoms with Gasteiger partial charge in [-0.1, -0.05) is 31.1 Å². The van der Waals surface area contributed by atoms with E-state index in [0.29, 0.717) is 5.82 Å². The number of aryl methyl sites for hydroxylation is 1. The summed E-state index contributed by atoms with van der Waals surface area (Å²) in [4.78, 5) is 11.8. The lowest BCUT2D eigenvalue weighted by Gasteiger charge is -2.05. The van der Waals surface area contributed by atoms with Gasteiger partial charge in [-0.05, 0) is 24.6 Å². The molecule has 0 saturated heterocycles. The second kappa shape index (κ2) is 5.56. The zero-order valence-electron chi connectivity index (χ0n) is 11.2. The molecular weight excluding hydrogens is 242 g/mol. The van der Waals surface area contributed by atoms with Gasteiger partial charge in [-0.2, -0.15) is 0 Å². The van der Waals surface area contributed by atoms with Crippen LogP contribution in [0.1, 0.15) is 31.1 Å². The highest BCUT2D eigenvalue weighted by molar-refractivity contribution is 5.99. The Balaban J connectivity index is 1.97. The predicted octanol–water partition coefficient (Wildman–Crippen LogP) is 3.75. The van der Waals surface area contributed by atoms with Crippen LogP contribution in [0.4, 0.5) is 16.3 Å². The number of nitrogens with zero attached hydrogens (tertiary/aromatic N) is 1. The van der Waals surface area contributed by atoms with Gasteiger partial charge in [0.25, 0.3) is 0 Å². The standard InChI is InChI=1S/C14H17N3O2/c1-9(2)12-8-13(17-19-12)16-14(18)15-11-6-4-5-10(3)7-11/h4-9H,1-3H3,(H2,15,16,17,18). The van der Waals surface area contributed by atoms with Crippen LogP contribution in [0.2, 0.25) is 0 Å². The summed E-state index contributed by atoms with van der Waals surface area (Å²) in [6, 6.07) is 8.96. The molecule has 2 rings (SSSR count). The highest BCUT2D eigenvalue weighted by Crippen LogP contribution is 2.18. The topological polar surface area (TPSA) is 67.2 Å². The molecule has 0 aliphatic carbocycles. The fourth-order valence-corrected chi connectivity index (χ4v) is 1.62. The third-order valence-corrected chi connectivity index (χ3v) is 2.61. The number of anilines is 2. The second-order valence-electron chi connectivity index (χ2n) is 4.72. The Morgan fingerprint density at radius 3 is 2.68 bits per heavy atom. The largest absolute Gasteiger partial charge is 0.359 e. The van der Waals surface area contributed by atoms with Gasteiger partial charge >= 0.3 is 6.03 Å². The van der Waals surface area contributed by atoms with Crippen molar-refractivity contribution >= 4 is 17.5 Å². The summed E-state index contributed by atoms with van der Waals surface area (Å²) in [5, 5.41) is 9.16. The van der Waals surface area contributed by atoms with Crippen LogP contribution in [0, 0.1) is 6.92 Å². The van der Waals surface area contributed by atoms with E-state index in [2.05, 4.69) is 15.8 Å². The van der Waals surface area contributed by atoms with E-state index in [4.69, 9.17) is 4.52 Å². The molecule has 2 amide bonds. The summed E-state index contributed by atoms with van der Waals surface area (Å²) in [7, 11) is 0. The molecule has 0 saturated carbocycles. The number of hydrogen-bond acceptors (Lipinski definition) is 3. The van der Waals surface area contributed by atoms with Gasteiger partial charge in [-0.15, -0.1) is 0 Å². The number of nitrogens with one attached hydrogen (secondary N) is 2. The van der Waals surface area contributed by atoms with Crippen LogP contribution in [0.5, 0.6) is 0 Å². The average Bonchev–Trinajstić information content (AvgIpc) is 2.77. The van der Waals surface area contributed by atoms with Crippen LogP contribution in [-0.4, -0.2) is 11.2 Å². The summed E-state index contributed by atoms with van der Waals surface area (Å²) in [5.74, 6) is 1.39. The van der Waals surface area contributed by atoms with E-state index < -0.39 is 0 Å². The van der Waals surface area contributed by atoms with E-state index in [1.54, 1.807) is 6.07 Å². The smallest absolute Gasteiger partial charge is 0.324 e. The Hall–Kier alpha value is -2.30. The van der Waals surface area contributed by atoms with Gasteiger partial charge in [0.05, 0.1) is 0 Å². The zero-order chi connectivity index (χ0) is 13.8. The number of hydrogen-bond donors (Lipinski definition) is 2. The molecule has 19 heavy (non-hydrogen) atoms. The number of rotatable bonds is 3. The first-order valence-electron chi connectivity index (χ1n) is 6.16. The Morgan fingerprint density at radius 1 is 1.26 bits per heavy atom. The third kappa shape index (κ3) is 3.58. The first-order valence-corrected chi connectivity index (χ1v) is 6.16. The van der Waals surface area contributed by atoms with Gasteiger partial charge in [0.1, 0.15) is 5.76 Å². The van der Waals surface area contributed by atoms with E-state index in [1.807, 2.05) is 45.0 Å². The van der Waals surface area contributed by atoms with Gasteiger partial charge in [0, 0.05) is 17.7 Å². The van der Waals surface area contributed by atoms with Crippen LogP contribution in [0.3, 0.4) is 0 Å². The van der Waals surface area contributed by atoms with Crippen molar-refractivity contribution in [3.63, 3.8) is 0 Å². The van der Waals surface area contributed by atoms with Crippen molar-refractivity contribution in [3.05, 3.63) is 41.7 Å². The molecule has 100 valence electrons. The summed E-state index contributed by atoms with van der Waals surface area (Å²) < 4.78 is 5.10. The monoisotopic (exact) mass is 259 g/mol. The summed E-state index contributed by atoms with van der Waals surface area (Å²) in [6.45, 7) is 5.96. The molecule has 0 unspecified atom stereocenters. The van der Waals surface area contributed by atoms with Crippen LogP contribution >= 0.6 is 0 Å². The maximum atomic E-state index is 11.8. The third-order valence-electron chi connectivity index (χ3n) is 2.61. The minimum atomic E-state index is -0.339. The lowest BCUT2D eigenvalue weighted by Crippen LogP contribution is -2.19. The normalized spacial score (nSPS) is 10.5. The molecule has 1 heterocycles. The van der Waals surface area contributed by atoms with Crippen LogP contribution < -0.4 is 10.6 Å². The molecule has 1 aromatic carbocycles. The quantitative estimate of drug-likeness (QED) is 0.882. The molecule has 5 nitrogen and oxygen atoms in total. The Kier molecular flexibility index (Phi) is 3.85. The van der Waals surface area contributed by atoms with Crippen molar-refractivity contribution in [2.24, 2.45) is 0 Å². The van der Waals surface area contributed by atoms with Gasteiger partial charge in [-0.3, -0.25) is 5.32 Å². The number of aromatic nitrogens is 1. The summed E-state index contributed by atoms with van der Waals surface area (Å²) in [6.07, 6.45) is 0. The van der Waals surface area contributed by atoms with Gasteiger partial charge in [0.2, 0.25) is 0 Å². The molecule has 0 aliphatic rings. The number of amides is 2. The molecule has 1 aromatic heterocycles. The van der Waals surface area contributed by atoms with Gasteiger partial charge in [0.15, 0.2) is 5.82 Å². The maximum absolute atomic E-state index is 11.8. The van der Waals surface area contributed by atoms with E-state index >= 15 is 0 Å². The van der Waals surface area contributed by atoms with Crippen LogP contribution in [0.15, 0.2) is 34.9 Å². The highest BCUT2D eigenvalue weighted by atomic mass is 16.5. The fourth-order valence-electron chi connectivity index (χ4n) is 1.62. The minimum Gasteiger partial charge on any atom is -0.359 e. The summed E-state index contributed by atoms with van der Waals surface area (Å²) in [5.41, 5.74) is 1.83. The van der Waals surface area contributed by atoms with Crippen molar-refractivity contribution in [1.29, 1.82) is 0 Å². The first kappa shape index (κ1) is 13.1. The lowest BCUT2D eigenvalue weighted by atomic mass is 10.2. The fraction of sp³-hybridized carbons (Fsp3) is 0.286. The first-order chi connectivity index (χ1) is 9.04.